The molecular weight excluding hydrogens is 220 g/mol. The predicted molar refractivity (Wildman–Crippen MR) is 75.1 cm³/mol. The van der Waals surface area contributed by atoms with E-state index in [1.54, 1.807) is 0 Å². The number of likely N-dealkylation sites (tertiary alicyclic amines) is 1. The van der Waals surface area contributed by atoms with Crippen LogP contribution in [0.15, 0.2) is 30.3 Å². The van der Waals surface area contributed by atoms with Gasteiger partial charge in [0.25, 0.3) is 0 Å². The van der Waals surface area contributed by atoms with Crippen LogP contribution in [0.4, 0.5) is 0 Å². The van der Waals surface area contributed by atoms with Crippen molar-refractivity contribution >= 4 is 0 Å². The van der Waals surface area contributed by atoms with E-state index < -0.39 is 0 Å². The Kier molecular flexibility index (Phi) is 3.67. The minimum absolute atomic E-state index is 0.400. The molecule has 0 spiro atoms. The normalized spacial score (nSPS) is 30.1. The van der Waals surface area contributed by atoms with E-state index in [2.05, 4.69) is 35.2 Å². The van der Waals surface area contributed by atoms with E-state index >= 15 is 0 Å². The quantitative estimate of drug-likeness (QED) is 0.885. The minimum Gasteiger partial charge on any atom is -0.326 e. The van der Waals surface area contributed by atoms with Gasteiger partial charge in [0, 0.05) is 25.7 Å². The van der Waals surface area contributed by atoms with Crippen LogP contribution in [0, 0.1) is 11.8 Å². The van der Waals surface area contributed by atoms with Crippen molar-refractivity contribution in [3.63, 3.8) is 0 Å². The summed E-state index contributed by atoms with van der Waals surface area (Å²) in [5.74, 6) is 1.65. The van der Waals surface area contributed by atoms with Gasteiger partial charge >= 0.3 is 0 Å². The van der Waals surface area contributed by atoms with Crippen molar-refractivity contribution in [2.24, 2.45) is 17.6 Å². The van der Waals surface area contributed by atoms with Gasteiger partial charge in [-0.3, -0.25) is 4.90 Å². The third kappa shape index (κ3) is 2.60. The molecule has 2 N–H and O–H groups in total. The van der Waals surface area contributed by atoms with Gasteiger partial charge in [-0.05, 0) is 17.4 Å². The van der Waals surface area contributed by atoms with E-state index in [0.29, 0.717) is 6.04 Å². The molecule has 98 valence electrons. The van der Waals surface area contributed by atoms with Gasteiger partial charge < -0.3 is 5.73 Å². The highest BCUT2D eigenvalue weighted by Crippen LogP contribution is 2.36. The Bertz CT molecular complexity index is 370. The maximum atomic E-state index is 6.36. The highest BCUT2D eigenvalue weighted by atomic mass is 15.2. The van der Waals surface area contributed by atoms with E-state index in [1.165, 1.54) is 37.8 Å². The molecule has 1 aromatic rings. The maximum Gasteiger partial charge on any atom is 0.0234 e. The van der Waals surface area contributed by atoms with Gasteiger partial charge in [0.2, 0.25) is 0 Å². The maximum absolute atomic E-state index is 6.36. The van der Waals surface area contributed by atoms with Crippen LogP contribution in [0.5, 0.6) is 0 Å². The molecule has 2 fully saturated rings. The van der Waals surface area contributed by atoms with Crippen LogP contribution in [0.25, 0.3) is 0 Å². The number of nitrogens with two attached hydrogens (primary N) is 1. The summed E-state index contributed by atoms with van der Waals surface area (Å²) in [6, 6.07) is 11.2. The summed E-state index contributed by atoms with van der Waals surface area (Å²) in [6.07, 6.45) is 5.67. The fourth-order valence-electron chi connectivity index (χ4n) is 3.80. The molecule has 2 heteroatoms. The number of benzene rings is 1. The fourth-order valence-corrected chi connectivity index (χ4v) is 3.80. The molecule has 2 aliphatic rings. The van der Waals surface area contributed by atoms with Crippen LogP contribution in [-0.4, -0.2) is 24.0 Å². The molecule has 0 radical (unpaired) electrons. The van der Waals surface area contributed by atoms with Crippen molar-refractivity contribution < 1.29 is 0 Å². The topological polar surface area (TPSA) is 29.3 Å². The summed E-state index contributed by atoms with van der Waals surface area (Å²) < 4.78 is 0. The molecule has 18 heavy (non-hydrogen) atoms. The van der Waals surface area contributed by atoms with Crippen molar-refractivity contribution in [1.29, 1.82) is 0 Å². The molecule has 1 aliphatic heterocycles. The van der Waals surface area contributed by atoms with Crippen molar-refractivity contribution in [3.8, 4) is 0 Å². The van der Waals surface area contributed by atoms with E-state index in [1.807, 2.05) is 0 Å². The van der Waals surface area contributed by atoms with Gasteiger partial charge in [-0.2, -0.15) is 0 Å². The van der Waals surface area contributed by atoms with Gasteiger partial charge in [0.15, 0.2) is 0 Å². The van der Waals surface area contributed by atoms with E-state index in [9.17, 15) is 0 Å². The van der Waals surface area contributed by atoms with Gasteiger partial charge in [0.05, 0.1) is 0 Å². The van der Waals surface area contributed by atoms with Crippen LogP contribution < -0.4 is 5.73 Å². The largest absolute Gasteiger partial charge is 0.326 e. The average Bonchev–Trinajstić information content (AvgIpc) is 3.00. The first-order valence-corrected chi connectivity index (χ1v) is 7.35. The zero-order valence-corrected chi connectivity index (χ0v) is 11.1. The van der Waals surface area contributed by atoms with Crippen molar-refractivity contribution in [2.75, 3.05) is 13.1 Å². The lowest BCUT2D eigenvalue weighted by atomic mass is 9.87. The lowest BCUT2D eigenvalue weighted by Crippen LogP contribution is -2.33. The highest BCUT2D eigenvalue weighted by molar-refractivity contribution is 5.15. The minimum atomic E-state index is 0.400. The summed E-state index contributed by atoms with van der Waals surface area (Å²) >= 11 is 0. The Morgan fingerprint density at radius 2 is 1.78 bits per heavy atom. The third-order valence-electron chi connectivity index (χ3n) is 4.74. The summed E-state index contributed by atoms with van der Waals surface area (Å²) in [4.78, 5) is 2.54. The molecule has 0 bridgehead atoms. The number of rotatable bonds is 3. The van der Waals surface area contributed by atoms with Gasteiger partial charge in [-0.1, -0.05) is 56.0 Å². The second-order valence-electron chi connectivity index (χ2n) is 6.05. The second-order valence-corrected chi connectivity index (χ2v) is 6.05. The molecule has 0 aromatic heterocycles. The molecule has 1 aromatic carbocycles. The molecule has 2 atom stereocenters. The molecule has 1 heterocycles. The first kappa shape index (κ1) is 12.2. The van der Waals surface area contributed by atoms with Crippen molar-refractivity contribution in [2.45, 2.75) is 38.3 Å². The Hall–Kier alpha value is -0.860. The Labute approximate surface area is 110 Å². The first-order chi connectivity index (χ1) is 8.83. The summed E-state index contributed by atoms with van der Waals surface area (Å²) in [5.41, 5.74) is 7.77. The standard InChI is InChI=1S/C16H24N2/c17-16-12-18(10-13-6-2-1-3-7-13)11-15(16)14-8-4-5-9-14/h1-3,6-7,14-16H,4-5,8-12,17H2/t15-,16+/m1/s1. The number of hydrogen-bond donors (Lipinski definition) is 1. The number of hydrogen-bond acceptors (Lipinski definition) is 2. The number of nitrogens with zero attached hydrogens (tertiary/aromatic N) is 1. The van der Waals surface area contributed by atoms with Crippen molar-refractivity contribution in [3.05, 3.63) is 35.9 Å². The summed E-state index contributed by atoms with van der Waals surface area (Å²) in [5, 5.41) is 0. The molecule has 0 amide bonds. The third-order valence-corrected chi connectivity index (χ3v) is 4.74. The molecule has 1 aliphatic carbocycles. The Morgan fingerprint density at radius 3 is 2.50 bits per heavy atom. The zero-order chi connectivity index (χ0) is 12.4. The van der Waals surface area contributed by atoms with Gasteiger partial charge in [0.1, 0.15) is 0 Å². The van der Waals surface area contributed by atoms with Gasteiger partial charge in [-0.15, -0.1) is 0 Å². The van der Waals surface area contributed by atoms with Crippen LogP contribution >= 0.6 is 0 Å². The van der Waals surface area contributed by atoms with E-state index in [0.717, 1.165) is 24.9 Å². The Morgan fingerprint density at radius 1 is 1.06 bits per heavy atom. The molecule has 1 saturated heterocycles. The SMILES string of the molecule is N[C@H]1CN(Cc2ccccc2)C[C@@H]1C1CCCC1. The molecular formula is C16H24N2. The zero-order valence-electron chi connectivity index (χ0n) is 11.1. The average molecular weight is 244 g/mol. The van der Waals surface area contributed by atoms with Crippen LogP contribution in [0.2, 0.25) is 0 Å². The summed E-state index contributed by atoms with van der Waals surface area (Å²) in [6.45, 7) is 3.36. The first-order valence-electron chi connectivity index (χ1n) is 7.35. The molecule has 0 unspecified atom stereocenters. The van der Waals surface area contributed by atoms with Crippen LogP contribution in [-0.2, 0) is 6.54 Å². The second kappa shape index (κ2) is 5.41. The lowest BCUT2D eigenvalue weighted by Gasteiger charge is -2.21. The Balaban J connectivity index is 1.59. The molecule has 2 nitrogen and oxygen atoms in total. The highest BCUT2D eigenvalue weighted by Gasteiger charge is 2.36. The van der Waals surface area contributed by atoms with Crippen LogP contribution in [0.1, 0.15) is 31.2 Å². The van der Waals surface area contributed by atoms with E-state index in [-0.39, 0.29) is 0 Å². The molecule has 1 saturated carbocycles. The fraction of sp³-hybridized carbons (Fsp3) is 0.625. The monoisotopic (exact) mass is 244 g/mol. The predicted octanol–water partition coefficient (Wildman–Crippen LogP) is 2.64. The van der Waals surface area contributed by atoms with E-state index in [4.69, 9.17) is 5.73 Å². The lowest BCUT2D eigenvalue weighted by molar-refractivity contribution is 0.281. The van der Waals surface area contributed by atoms with Crippen LogP contribution in [0.3, 0.4) is 0 Å². The van der Waals surface area contributed by atoms with Crippen molar-refractivity contribution in [1.82, 2.24) is 4.90 Å². The molecule has 3 rings (SSSR count). The smallest absolute Gasteiger partial charge is 0.0234 e. The van der Waals surface area contributed by atoms with Gasteiger partial charge in [-0.25, -0.2) is 0 Å². The summed E-state index contributed by atoms with van der Waals surface area (Å²) in [7, 11) is 0.